The fraction of sp³-hybridized carbons (Fsp3) is 0.381. The van der Waals surface area contributed by atoms with Crippen molar-refractivity contribution in [3.05, 3.63) is 54.1 Å². The van der Waals surface area contributed by atoms with Crippen LogP contribution in [0.5, 0.6) is 5.75 Å². The monoisotopic (exact) mass is 338 g/mol. The van der Waals surface area contributed by atoms with E-state index in [0.717, 1.165) is 5.56 Å². The average molecular weight is 338 g/mol. The molecule has 4 heteroatoms. The van der Waals surface area contributed by atoms with E-state index in [1.807, 2.05) is 24.3 Å². The average Bonchev–Trinajstić information content (AvgIpc) is 2.67. The summed E-state index contributed by atoms with van der Waals surface area (Å²) in [4.78, 5) is 13.3. The molecule has 2 aromatic rings. The first kappa shape index (κ1) is 17.5. The van der Waals surface area contributed by atoms with Crippen LogP contribution < -0.4 is 10.5 Å². The van der Waals surface area contributed by atoms with E-state index in [1.165, 1.54) is 43.5 Å². The van der Waals surface area contributed by atoms with E-state index in [2.05, 4.69) is 36.1 Å². The molecule has 2 aromatic carbocycles. The lowest BCUT2D eigenvalue weighted by molar-refractivity contribution is -0.119. The first-order valence-corrected chi connectivity index (χ1v) is 8.99. The minimum Gasteiger partial charge on any atom is -0.484 e. The van der Waals surface area contributed by atoms with E-state index in [4.69, 9.17) is 10.5 Å². The number of hydrogen-bond acceptors (Lipinski definition) is 3. The number of piperidine rings is 1. The molecule has 0 bridgehead atoms. The Morgan fingerprint density at radius 2 is 1.56 bits per heavy atom. The molecule has 0 spiro atoms. The zero-order valence-corrected chi connectivity index (χ0v) is 14.8. The van der Waals surface area contributed by atoms with Crippen molar-refractivity contribution in [1.29, 1.82) is 0 Å². The van der Waals surface area contributed by atoms with Crippen molar-refractivity contribution in [3.63, 3.8) is 0 Å². The van der Waals surface area contributed by atoms with Crippen molar-refractivity contribution >= 4 is 5.91 Å². The molecule has 2 N–H and O–H groups in total. The van der Waals surface area contributed by atoms with Crippen molar-refractivity contribution in [1.82, 2.24) is 4.90 Å². The fourth-order valence-electron chi connectivity index (χ4n) is 3.37. The summed E-state index contributed by atoms with van der Waals surface area (Å²) in [7, 11) is 0. The highest BCUT2D eigenvalue weighted by molar-refractivity contribution is 5.75. The van der Waals surface area contributed by atoms with Gasteiger partial charge in [-0.15, -0.1) is 0 Å². The number of nitrogens with two attached hydrogens (primary N) is 1. The lowest BCUT2D eigenvalue weighted by Gasteiger charge is -2.32. The third-order valence-corrected chi connectivity index (χ3v) is 4.90. The molecule has 1 fully saturated rings. The fourth-order valence-corrected chi connectivity index (χ4v) is 3.37. The summed E-state index contributed by atoms with van der Waals surface area (Å²) in [5.74, 6) is 0.181. The number of carbonyl (C=O) groups excluding carboxylic acids is 1. The molecular formula is C21H26N2O2. The van der Waals surface area contributed by atoms with Crippen LogP contribution in [0.2, 0.25) is 0 Å². The number of rotatable bonds is 6. The van der Waals surface area contributed by atoms with Gasteiger partial charge in [0.2, 0.25) is 0 Å². The van der Waals surface area contributed by atoms with Gasteiger partial charge in [0.1, 0.15) is 5.75 Å². The van der Waals surface area contributed by atoms with Crippen LogP contribution in [0.15, 0.2) is 48.5 Å². The minimum absolute atomic E-state index is 0.0948. The molecule has 1 heterocycles. The number of amides is 1. The lowest BCUT2D eigenvalue weighted by Crippen LogP contribution is -2.32. The van der Waals surface area contributed by atoms with Crippen LogP contribution in [0.25, 0.3) is 11.1 Å². The van der Waals surface area contributed by atoms with Gasteiger partial charge in [-0.2, -0.15) is 0 Å². The lowest BCUT2D eigenvalue weighted by atomic mass is 9.99. The van der Waals surface area contributed by atoms with Crippen molar-refractivity contribution in [2.75, 3.05) is 19.7 Å². The molecule has 1 amide bonds. The third kappa shape index (κ3) is 4.60. The van der Waals surface area contributed by atoms with E-state index in [9.17, 15) is 4.79 Å². The summed E-state index contributed by atoms with van der Waals surface area (Å²) in [6, 6.07) is 17.0. The molecular weight excluding hydrogens is 312 g/mol. The summed E-state index contributed by atoms with van der Waals surface area (Å²) >= 11 is 0. The molecule has 4 nitrogen and oxygen atoms in total. The van der Waals surface area contributed by atoms with E-state index in [0.29, 0.717) is 11.8 Å². The predicted molar refractivity (Wildman–Crippen MR) is 100 cm³/mol. The molecule has 0 saturated carbocycles. The number of likely N-dealkylation sites (tertiary alicyclic amines) is 1. The van der Waals surface area contributed by atoms with Crippen molar-refractivity contribution < 1.29 is 9.53 Å². The number of hydrogen-bond donors (Lipinski definition) is 1. The molecule has 1 saturated heterocycles. The Morgan fingerprint density at radius 1 is 1.00 bits per heavy atom. The van der Waals surface area contributed by atoms with Crippen LogP contribution in [0, 0.1) is 0 Å². The maximum atomic E-state index is 10.8. The third-order valence-electron chi connectivity index (χ3n) is 4.90. The van der Waals surface area contributed by atoms with Crippen LogP contribution in [0.1, 0.15) is 37.8 Å². The van der Waals surface area contributed by atoms with E-state index in [-0.39, 0.29) is 6.61 Å². The Hall–Kier alpha value is -2.33. The number of nitrogens with zero attached hydrogens (tertiary/aromatic N) is 1. The first-order chi connectivity index (χ1) is 12.1. The second kappa shape index (κ2) is 8.17. The Labute approximate surface area is 149 Å². The Balaban J connectivity index is 1.66. The summed E-state index contributed by atoms with van der Waals surface area (Å²) in [5, 5.41) is 0. The van der Waals surface area contributed by atoms with Gasteiger partial charge in [-0.3, -0.25) is 9.69 Å². The Kier molecular flexibility index (Phi) is 5.71. The van der Waals surface area contributed by atoms with Crippen LogP contribution in [-0.4, -0.2) is 30.5 Å². The summed E-state index contributed by atoms with van der Waals surface area (Å²) in [6.45, 7) is 4.61. The highest BCUT2D eigenvalue weighted by atomic mass is 16.5. The molecule has 0 aliphatic carbocycles. The van der Waals surface area contributed by atoms with Crippen molar-refractivity contribution in [2.24, 2.45) is 5.73 Å². The van der Waals surface area contributed by atoms with Gasteiger partial charge in [0.15, 0.2) is 6.61 Å². The molecule has 1 aliphatic rings. The van der Waals surface area contributed by atoms with Gasteiger partial charge >= 0.3 is 0 Å². The molecule has 25 heavy (non-hydrogen) atoms. The summed E-state index contributed by atoms with van der Waals surface area (Å²) < 4.78 is 5.30. The highest BCUT2D eigenvalue weighted by Crippen LogP contribution is 2.27. The van der Waals surface area contributed by atoms with Gasteiger partial charge in [-0.05, 0) is 61.7 Å². The van der Waals surface area contributed by atoms with Crippen LogP contribution in [0.3, 0.4) is 0 Å². The normalized spacial score (nSPS) is 16.4. The van der Waals surface area contributed by atoms with Crippen molar-refractivity contribution in [3.8, 4) is 16.9 Å². The minimum atomic E-state index is -0.470. The van der Waals surface area contributed by atoms with E-state index < -0.39 is 5.91 Å². The van der Waals surface area contributed by atoms with Crippen molar-refractivity contribution in [2.45, 2.75) is 32.2 Å². The van der Waals surface area contributed by atoms with E-state index in [1.54, 1.807) is 0 Å². The zero-order valence-electron chi connectivity index (χ0n) is 14.8. The van der Waals surface area contributed by atoms with Crippen LogP contribution in [0.4, 0.5) is 0 Å². The summed E-state index contributed by atoms with van der Waals surface area (Å²) in [5.41, 5.74) is 8.76. The van der Waals surface area contributed by atoms with Gasteiger partial charge in [0, 0.05) is 6.04 Å². The second-order valence-corrected chi connectivity index (χ2v) is 6.67. The number of primary amides is 1. The molecule has 0 aromatic heterocycles. The number of benzene rings is 2. The predicted octanol–water partition coefficient (Wildman–Crippen LogP) is 3.76. The number of ether oxygens (including phenoxy) is 1. The maximum absolute atomic E-state index is 10.8. The topological polar surface area (TPSA) is 55.6 Å². The van der Waals surface area contributed by atoms with Gasteiger partial charge in [-0.25, -0.2) is 0 Å². The SMILES string of the molecule is CC(c1ccc(-c2ccc(OCC(N)=O)cc2)cc1)N1CCCCC1. The van der Waals surface area contributed by atoms with Gasteiger partial charge in [-0.1, -0.05) is 42.8 Å². The molecule has 3 rings (SSSR count). The van der Waals surface area contributed by atoms with Gasteiger partial charge < -0.3 is 10.5 Å². The van der Waals surface area contributed by atoms with Gasteiger partial charge in [0.05, 0.1) is 0 Å². The molecule has 1 unspecified atom stereocenters. The second-order valence-electron chi connectivity index (χ2n) is 6.67. The zero-order chi connectivity index (χ0) is 17.6. The summed E-state index contributed by atoms with van der Waals surface area (Å²) in [6.07, 6.45) is 3.99. The smallest absolute Gasteiger partial charge is 0.255 e. The standard InChI is InChI=1S/C21H26N2O2/c1-16(23-13-3-2-4-14-23)17-5-7-18(8-6-17)19-9-11-20(12-10-19)25-15-21(22)24/h5-12,16H,2-4,13-15H2,1H3,(H2,22,24). The first-order valence-electron chi connectivity index (χ1n) is 8.99. The molecule has 132 valence electrons. The Morgan fingerprint density at radius 3 is 2.12 bits per heavy atom. The maximum Gasteiger partial charge on any atom is 0.255 e. The molecule has 1 aliphatic heterocycles. The molecule has 1 atom stereocenters. The Bertz CT molecular complexity index is 689. The van der Waals surface area contributed by atoms with Crippen LogP contribution >= 0.6 is 0 Å². The largest absolute Gasteiger partial charge is 0.484 e. The number of carbonyl (C=O) groups is 1. The molecule has 0 radical (unpaired) electrons. The quantitative estimate of drug-likeness (QED) is 0.872. The van der Waals surface area contributed by atoms with E-state index >= 15 is 0 Å². The van der Waals surface area contributed by atoms with Gasteiger partial charge in [0.25, 0.3) is 5.91 Å². The highest BCUT2D eigenvalue weighted by Gasteiger charge is 2.17. The van der Waals surface area contributed by atoms with Crippen LogP contribution in [-0.2, 0) is 4.79 Å².